The van der Waals surface area contributed by atoms with Crippen LogP contribution < -0.4 is 9.47 Å². The van der Waals surface area contributed by atoms with Gasteiger partial charge in [0, 0.05) is 11.1 Å². The molecule has 182 valence electrons. The Kier molecular flexibility index (Phi) is 5.51. The Bertz CT molecular complexity index is 1540. The maximum absolute atomic E-state index is 13.2. The Morgan fingerprint density at radius 2 is 1.83 bits per heavy atom. The van der Waals surface area contributed by atoms with E-state index in [1.165, 1.54) is 30.3 Å². The van der Waals surface area contributed by atoms with E-state index in [1.54, 1.807) is 25.3 Å². The number of benzene rings is 2. The molecule has 1 N–H and O–H groups in total. The van der Waals surface area contributed by atoms with Crippen molar-refractivity contribution in [3.8, 4) is 22.6 Å². The second kappa shape index (κ2) is 8.30. The third-order valence-electron chi connectivity index (χ3n) is 6.34. The van der Waals surface area contributed by atoms with E-state index in [1.807, 2.05) is 0 Å². The van der Waals surface area contributed by atoms with E-state index >= 15 is 0 Å². The summed E-state index contributed by atoms with van der Waals surface area (Å²) in [5.74, 6) is 0.120. The molecular weight excluding hydrogens is 481 g/mol. The van der Waals surface area contributed by atoms with E-state index in [0.29, 0.717) is 35.0 Å². The number of H-pyrrole nitrogens is 1. The summed E-state index contributed by atoms with van der Waals surface area (Å²) in [7, 11) is -3.59. The number of rotatable bonds is 5. The second-order valence-electron chi connectivity index (χ2n) is 8.62. The lowest BCUT2D eigenvalue weighted by Gasteiger charge is -2.25. The van der Waals surface area contributed by atoms with Crippen molar-refractivity contribution in [2.45, 2.75) is 42.5 Å². The molecule has 1 aliphatic rings. The first-order chi connectivity index (χ1) is 16.6. The number of fused-ring (bicyclic) bond motifs is 1. The summed E-state index contributed by atoms with van der Waals surface area (Å²) < 4.78 is 72.5. The van der Waals surface area contributed by atoms with Crippen molar-refractivity contribution < 1.29 is 31.1 Å². The first kappa shape index (κ1) is 23.2. The van der Waals surface area contributed by atoms with Crippen LogP contribution in [0.15, 0.2) is 65.7 Å². The van der Waals surface area contributed by atoms with Gasteiger partial charge in [0.25, 0.3) is 5.65 Å². The van der Waals surface area contributed by atoms with Crippen molar-refractivity contribution in [2.75, 3.05) is 0 Å². The van der Waals surface area contributed by atoms with Gasteiger partial charge in [-0.1, -0.05) is 12.5 Å². The van der Waals surface area contributed by atoms with Gasteiger partial charge in [0.2, 0.25) is 0 Å². The molecule has 1 aliphatic carbocycles. The molecule has 0 bridgehead atoms. The molecule has 0 radical (unpaired) electrons. The highest BCUT2D eigenvalue weighted by atomic mass is 32.2. The number of aromatic nitrogens is 2. The summed E-state index contributed by atoms with van der Waals surface area (Å²) in [4.78, 5) is 2.99. The fourth-order valence-corrected chi connectivity index (χ4v) is 6.09. The molecule has 6 nitrogen and oxygen atoms in total. The summed E-state index contributed by atoms with van der Waals surface area (Å²) in [5.41, 5.74) is 0.649. The molecule has 4 aromatic rings. The van der Waals surface area contributed by atoms with E-state index in [2.05, 4.69) is 4.98 Å². The van der Waals surface area contributed by atoms with Crippen molar-refractivity contribution in [3.05, 3.63) is 77.3 Å². The van der Waals surface area contributed by atoms with Crippen LogP contribution in [0, 0.1) is 12.1 Å². The van der Waals surface area contributed by atoms with Gasteiger partial charge in [0.05, 0.1) is 27.3 Å². The number of aromatic amines is 1. The van der Waals surface area contributed by atoms with Gasteiger partial charge in [-0.15, -0.1) is 0 Å². The Morgan fingerprint density at radius 3 is 2.51 bits per heavy atom. The topological polar surface area (TPSA) is 86.1 Å². The minimum absolute atomic E-state index is 0.0486. The molecule has 10 heteroatoms. The number of nitrogens with zero attached hydrogens (tertiary/aromatic N) is 1. The Balaban J connectivity index is 1.69. The Morgan fingerprint density at radius 1 is 1.06 bits per heavy atom. The summed E-state index contributed by atoms with van der Waals surface area (Å²) in [6, 6.07) is 12.1. The van der Waals surface area contributed by atoms with Crippen LogP contribution in [0.25, 0.3) is 22.2 Å². The zero-order valence-corrected chi connectivity index (χ0v) is 19.4. The standard InChI is InChI=1S/C25H21F3N2O4S/c1-15-12-21(20-10-11-29-24(20)30(15)31)22-14-19(35(32,33)18-6-3-7-18)8-9-23(22)34-17-5-2-4-16(13-17)25(26,27)28/h2,4-5,8-14,18,29H,3,6-7H2,1H3. The van der Waals surface area contributed by atoms with Gasteiger partial charge < -0.3 is 9.94 Å². The highest BCUT2D eigenvalue weighted by molar-refractivity contribution is 7.92. The van der Waals surface area contributed by atoms with Gasteiger partial charge in [-0.2, -0.15) is 13.2 Å². The predicted molar refractivity (Wildman–Crippen MR) is 124 cm³/mol. The lowest BCUT2D eigenvalue weighted by molar-refractivity contribution is -0.586. The summed E-state index contributed by atoms with van der Waals surface area (Å²) in [6.07, 6.45) is -0.937. The van der Waals surface area contributed by atoms with E-state index in [9.17, 15) is 26.8 Å². The zero-order valence-electron chi connectivity index (χ0n) is 18.6. The van der Waals surface area contributed by atoms with Crippen molar-refractivity contribution in [2.24, 2.45) is 0 Å². The number of alkyl halides is 3. The highest BCUT2D eigenvalue weighted by Crippen LogP contribution is 2.41. The molecule has 2 heterocycles. The van der Waals surface area contributed by atoms with Crippen molar-refractivity contribution in [1.82, 2.24) is 4.98 Å². The first-order valence-corrected chi connectivity index (χ1v) is 12.5. The zero-order chi connectivity index (χ0) is 25.0. The second-order valence-corrected chi connectivity index (χ2v) is 10.8. The van der Waals surface area contributed by atoms with Gasteiger partial charge >= 0.3 is 6.18 Å². The number of nitrogens with one attached hydrogen (secondary N) is 1. The number of hydrogen-bond acceptors (Lipinski definition) is 4. The van der Waals surface area contributed by atoms with Crippen molar-refractivity contribution in [1.29, 1.82) is 0 Å². The molecule has 0 aliphatic heterocycles. The molecule has 2 aromatic carbocycles. The molecule has 1 fully saturated rings. The number of halogens is 3. The van der Waals surface area contributed by atoms with E-state index in [-0.39, 0.29) is 22.0 Å². The summed E-state index contributed by atoms with van der Waals surface area (Å²) in [5, 5.41) is 12.6. The lowest BCUT2D eigenvalue weighted by atomic mass is 10.00. The Labute approximate surface area is 199 Å². The highest BCUT2D eigenvalue weighted by Gasteiger charge is 2.34. The van der Waals surface area contributed by atoms with Gasteiger partial charge in [-0.05, 0) is 68.3 Å². The fourth-order valence-electron chi connectivity index (χ4n) is 4.21. The minimum Gasteiger partial charge on any atom is -0.710 e. The first-order valence-electron chi connectivity index (χ1n) is 11.0. The molecule has 0 unspecified atom stereocenters. The molecular formula is C25H21F3N2O4S. The lowest BCUT2D eigenvalue weighted by Crippen LogP contribution is -2.31. The quantitative estimate of drug-likeness (QED) is 0.271. The largest absolute Gasteiger partial charge is 0.710 e. The average molecular weight is 503 g/mol. The van der Waals surface area contributed by atoms with Crippen molar-refractivity contribution >= 4 is 20.9 Å². The molecule has 0 atom stereocenters. The van der Waals surface area contributed by atoms with Crippen LogP contribution in [0.2, 0.25) is 0 Å². The van der Waals surface area contributed by atoms with Gasteiger partial charge in [-0.25, -0.2) is 18.1 Å². The number of hydrogen-bond donors (Lipinski definition) is 1. The third kappa shape index (κ3) is 4.12. The molecule has 0 saturated heterocycles. The maximum atomic E-state index is 13.2. The van der Waals surface area contributed by atoms with E-state index in [4.69, 9.17) is 4.74 Å². The normalized spacial score (nSPS) is 14.7. The number of ether oxygens (including phenoxy) is 1. The molecule has 5 rings (SSSR count). The molecule has 0 spiro atoms. The monoisotopic (exact) mass is 502 g/mol. The van der Waals surface area contributed by atoms with Crippen LogP contribution in [0.1, 0.15) is 30.5 Å². The average Bonchev–Trinajstić information content (AvgIpc) is 3.25. The van der Waals surface area contributed by atoms with Crippen LogP contribution in [0.4, 0.5) is 13.2 Å². The van der Waals surface area contributed by atoms with Crippen LogP contribution in [0.5, 0.6) is 11.5 Å². The van der Waals surface area contributed by atoms with Crippen LogP contribution in [-0.2, 0) is 16.0 Å². The molecule has 2 aromatic heterocycles. The Hall–Kier alpha value is -3.53. The van der Waals surface area contributed by atoms with E-state index < -0.39 is 26.8 Å². The van der Waals surface area contributed by atoms with E-state index in [0.717, 1.165) is 23.3 Å². The summed E-state index contributed by atoms with van der Waals surface area (Å²) >= 11 is 0. The van der Waals surface area contributed by atoms with Crippen LogP contribution in [-0.4, -0.2) is 18.7 Å². The van der Waals surface area contributed by atoms with Crippen LogP contribution >= 0.6 is 0 Å². The van der Waals surface area contributed by atoms with Gasteiger partial charge in [-0.3, -0.25) is 0 Å². The fraction of sp³-hybridized carbons (Fsp3) is 0.240. The van der Waals surface area contributed by atoms with Gasteiger partial charge in [0.15, 0.2) is 9.84 Å². The number of sulfone groups is 1. The van der Waals surface area contributed by atoms with Crippen LogP contribution in [0.3, 0.4) is 0 Å². The number of aryl methyl sites for hydroxylation is 1. The molecule has 0 amide bonds. The molecule has 1 saturated carbocycles. The molecule has 35 heavy (non-hydrogen) atoms. The van der Waals surface area contributed by atoms with Gasteiger partial charge in [0.1, 0.15) is 17.2 Å². The smallest absolute Gasteiger partial charge is 0.416 e. The summed E-state index contributed by atoms with van der Waals surface area (Å²) in [6.45, 7) is 1.61. The third-order valence-corrected chi connectivity index (χ3v) is 8.60. The van der Waals surface area contributed by atoms with Crippen molar-refractivity contribution in [3.63, 3.8) is 0 Å². The number of pyridine rings is 1. The predicted octanol–water partition coefficient (Wildman–Crippen LogP) is 5.91. The maximum Gasteiger partial charge on any atom is 0.416 e. The minimum atomic E-state index is -4.54. The SMILES string of the molecule is Cc1cc(-c2cc(S(=O)(=O)C3CCC3)ccc2Oc2cccc(C(F)(F)F)c2)c2cc[nH]c2[n+]1[O-].